The number of hydrogen-bond acceptors (Lipinski definition) is 7. The molecule has 0 radical (unpaired) electrons. The lowest BCUT2D eigenvalue weighted by atomic mass is 9.80. The number of nitrogens with zero attached hydrogens (tertiary/aromatic N) is 3. The van der Waals surface area contributed by atoms with Gasteiger partial charge >= 0.3 is 0 Å². The van der Waals surface area contributed by atoms with Gasteiger partial charge in [0.2, 0.25) is 0 Å². The number of aliphatic hydroxyl groups is 1. The number of nitrogens with one attached hydrogen (secondary N) is 2. The van der Waals surface area contributed by atoms with Gasteiger partial charge in [0.15, 0.2) is 5.82 Å². The van der Waals surface area contributed by atoms with Crippen LogP contribution in [0, 0.1) is 5.41 Å². The van der Waals surface area contributed by atoms with Gasteiger partial charge in [0.1, 0.15) is 5.60 Å². The van der Waals surface area contributed by atoms with Gasteiger partial charge in [0.05, 0.1) is 18.9 Å². The smallest absolute Gasteiger partial charge is 0.274 e. The topological polar surface area (TPSA) is 131 Å². The number of carbonyl (C=O) groups excluding carboxylic acids is 1. The maximum absolute atomic E-state index is 13.4. The van der Waals surface area contributed by atoms with Crippen molar-refractivity contribution in [3.05, 3.63) is 52.4 Å². The molecule has 3 aromatic rings. The predicted octanol–water partition coefficient (Wildman–Crippen LogP) is 2.21. The Labute approximate surface area is 209 Å². The van der Waals surface area contributed by atoms with E-state index >= 15 is 0 Å². The number of H-pyrrole nitrogens is 1. The van der Waals surface area contributed by atoms with Crippen LogP contribution in [-0.2, 0) is 20.9 Å². The molecule has 1 amide bonds. The van der Waals surface area contributed by atoms with Gasteiger partial charge in [-0.1, -0.05) is 49.6 Å². The van der Waals surface area contributed by atoms with E-state index in [1.807, 2.05) is 30.3 Å². The van der Waals surface area contributed by atoms with E-state index in [2.05, 4.69) is 20.4 Å². The van der Waals surface area contributed by atoms with Gasteiger partial charge in [0.25, 0.3) is 17.2 Å². The van der Waals surface area contributed by atoms with Gasteiger partial charge in [-0.3, -0.25) is 14.7 Å². The second-order valence-corrected chi connectivity index (χ2v) is 9.96. The fraction of sp³-hybridized carbons (Fsp3) is 0.538. The van der Waals surface area contributed by atoms with Crippen LogP contribution >= 0.6 is 0 Å². The van der Waals surface area contributed by atoms with E-state index in [9.17, 15) is 14.7 Å². The first kappa shape index (κ1) is 24.6. The normalized spacial score (nSPS) is 19.2. The van der Waals surface area contributed by atoms with Gasteiger partial charge in [-0.15, -0.1) is 0 Å². The zero-order chi connectivity index (χ0) is 25.0. The minimum absolute atomic E-state index is 0.00695. The SMILES string of the molecule is O=C(NCC1(CO)CCOCC1)C1(OCc2cc(=O)n3[nH]c(-c4ccccc4)nc3n2)CCCCC1. The van der Waals surface area contributed by atoms with Crippen LogP contribution in [0.1, 0.15) is 50.6 Å². The summed E-state index contributed by atoms with van der Waals surface area (Å²) in [5.74, 6) is 0.643. The minimum atomic E-state index is -0.979. The molecule has 2 aromatic heterocycles. The summed E-state index contributed by atoms with van der Waals surface area (Å²) in [7, 11) is 0. The maximum atomic E-state index is 13.4. The Balaban J connectivity index is 1.32. The molecule has 3 heterocycles. The Morgan fingerprint density at radius 3 is 2.58 bits per heavy atom. The summed E-state index contributed by atoms with van der Waals surface area (Å²) in [6.07, 6.45) is 5.46. The first-order valence-electron chi connectivity index (χ1n) is 12.7. The summed E-state index contributed by atoms with van der Waals surface area (Å²) < 4.78 is 13.0. The molecule has 1 aliphatic heterocycles. The highest BCUT2D eigenvalue weighted by Crippen LogP contribution is 2.34. The van der Waals surface area contributed by atoms with Crippen LogP contribution in [0.5, 0.6) is 0 Å². The Hall–Kier alpha value is -3.08. The summed E-state index contributed by atoms with van der Waals surface area (Å²) in [4.78, 5) is 35.2. The summed E-state index contributed by atoms with van der Waals surface area (Å²) in [5, 5.41) is 16.0. The lowest BCUT2D eigenvalue weighted by Crippen LogP contribution is -2.53. The van der Waals surface area contributed by atoms with E-state index < -0.39 is 5.60 Å². The van der Waals surface area contributed by atoms with Crippen molar-refractivity contribution in [2.75, 3.05) is 26.4 Å². The molecular weight excluding hydrogens is 462 g/mol. The molecule has 0 unspecified atom stereocenters. The van der Waals surface area contributed by atoms with Crippen molar-refractivity contribution >= 4 is 11.7 Å². The lowest BCUT2D eigenvalue weighted by Gasteiger charge is -2.39. The Morgan fingerprint density at radius 2 is 1.86 bits per heavy atom. The molecule has 1 saturated heterocycles. The van der Waals surface area contributed by atoms with Gasteiger partial charge in [-0.2, -0.15) is 9.50 Å². The quantitative estimate of drug-likeness (QED) is 0.437. The van der Waals surface area contributed by atoms with E-state index in [1.54, 1.807) is 0 Å². The Morgan fingerprint density at radius 1 is 1.11 bits per heavy atom. The largest absolute Gasteiger partial charge is 0.396 e. The fourth-order valence-corrected chi connectivity index (χ4v) is 5.12. The number of rotatable bonds is 8. The molecule has 2 fully saturated rings. The van der Waals surface area contributed by atoms with Gasteiger partial charge in [-0.05, 0) is 25.7 Å². The number of aliphatic hydroxyl groups excluding tert-OH is 1. The molecule has 1 aromatic carbocycles. The van der Waals surface area contributed by atoms with Crippen LogP contribution in [0.25, 0.3) is 17.2 Å². The summed E-state index contributed by atoms with van der Waals surface area (Å²) in [6.45, 7) is 1.60. The maximum Gasteiger partial charge on any atom is 0.274 e. The van der Waals surface area contributed by atoms with E-state index in [-0.39, 0.29) is 35.9 Å². The third-order valence-electron chi connectivity index (χ3n) is 7.52. The number of carbonyl (C=O) groups is 1. The van der Waals surface area contributed by atoms with E-state index in [4.69, 9.17) is 9.47 Å². The van der Waals surface area contributed by atoms with Gasteiger partial charge in [-0.25, -0.2) is 4.98 Å². The minimum Gasteiger partial charge on any atom is -0.396 e. The third-order valence-corrected chi connectivity index (χ3v) is 7.52. The molecule has 192 valence electrons. The van der Waals surface area contributed by atoms with Crippen LogP contribution in [0.2, 0.25) is 0 Å². The Kier molecular flexibility index (Phi) is 7.17. The fourth-order valence-electron chi connectivity index (χ4n) is 5.12. The molecule has 10 nitrogen and oxygen atoms in total. The van der Waals surface area contributed by atoms with Gasteiger partial charge < -0.3 is 19.9 Å². The summed E-state index contributed by atoms with van der Waals surface area (Å²) in [5.41, 5.74) is -0.349. The van der Waals surface area contributed by atoms with Crippen LogP contribution in [-0.4, -0.2) is 62.6 Å². The highest BCUT2D eigenvalue weighted by atomic mass is 16.5. The average Bonchev–Trinajstić information content (AvgIpc) is 3.37. The van der Waals surface area contributed by atoms with Crippen LogP contribution in [0.15, 0.2) is 41.2 Å². The number of hydrogen-bond donors (Lipinski definition) is 3. The second-order valence-electron chi connectivity index (χ2n) is 9.96. The van der Waals surface area contributed by atoms with Crippen molar-refractivity contribution in [1.29, 1.82) is 0 Å². The van der Waals surface area contributed by atoms with Crippen molar-refractivity contribution in [2.45, 2.75) is 57.2 Å². The van der Waals surface area contributed by atoms with Crippen molar-refractivity contribution in [2.24, 2.45) is 5.41 Å². The molecule has 1 aliphatic carbocycles. The van der Waals surface area contributed by atoms with Crippen LogP contribution in [0.4, 0.5) is 0 Å². The average molecular weight is 496 g/mol. The highest BCUT2D eigenvalue weighted by molar-refractivity contribution is 5.85. The van der Waals surface area contributed by atoms with Crippen LogP contribution in [0.3, 0.4) is 0 Å². The number of aromatic nitrogens is 4. The number of fused-ring (bicyclic) bond motifs is 1. The number of benzene rings is 1. The van der Waals surface area contributed by atoms with Crippen molar-refractivity contribution in [1.82, 2.24) is 24.9 Å². The van der Waals surface area contributed by atoms with Crippen LogP contribution < -0.4 is 10.9 Å². The zero-order valence-electron chi connectivity index (χ0n) is 20.4. The molecule has 1 saturated carbocycles. The second kappa shape index (κ2) is 10.5. The van der Waals surface area contributed by atoms with E-state index in [0.29, 0.717) is 57.0 Å². The zero-order valence-corrected chi connectivity index (χ0v) is 20.4. The lowest BCUT2D eigenvalue weighted by molar-refractivity contribution is -0.155. The van der Waals surface area contributed by atoms with Crippen molar-refractivity contribution in [3.8, 4) is 11.4 Å². The third kappa shape index (κ3) is 5.07. The van der Waals surface area contributed by atoms with E-state index in [0.717, 1.165) is 24.8 Å². The monoisotopic (exact) mass is 495 g/mol. The van der Waals surface area contributed by atoms with Crippen molar-refractivity contribution < 1.29 is 19.4 Å². The molecule has 36 heavy (non-hydrogen) atoms. The van der Waals surface area contributed by atoms with E-state index in [1.165, 1.54) is 10.6 Å². The molecule has 0 spiro atoms. The predicted molar refractivity (Wildman–Crippen MR) is 132 cm³/mol. The van der Waals surface area contributed by atoms with Gasteiger partial charge in [0, 0.05) is 36.8 Å². The highest BCUT2D eigenvalue weighted by Gasteiger charge is 2.42. The first-order valence-corrected chi connectivity index (χ1v) is 12.7. The van der Waals surface area contributed by atoms with Crippen molar-refractivity contribution in [3.63, 3.8) is 0 Å². The number of ether oxygens (including phenoxy) is 2. The number of amides is 1. The molecule has 10 heteroatoms. The molecule has 0 atom stereocenters. The first-order chi connectivity index (χ1) is 17.5. The number of aromatic amines is 1. The summed E-state index contributed by atoms with van der Waals surface area (Å²) >= 11 is 0. The summed E-state index contributed by atoms with van der Waals surface area (Å²) in [6, 6.07) is 10.9. The molecule has 0 bridgehead atoms. The molecule has 3 N–H and O–H groups in total. The molecule has 5 rings (SSSR count). The standard InChI is InChI=1S/C26H33N5O5/c32-18-25(11-13-35-14-12-25)17-27-23(34)26(9-5-2-6-10-26)36-16-20-15-21(33)31-24(28-20)29-22(30-31)19-7-3-1-4-8-19/h1,3-4,7-8,15,32H,2,5-6,9-14,16-18H2,(H,27,34)(H,28,29,30). The Bertz CT molecular complexity index is 1240. The molecule has 2 aliphatic rings. The molecular formula is C26H33N5O5.